The summed E-state index contributed by atoms with van der Waals surface area (Å²) in [6.45, 7) is 0. The molecule has 0 fully saturated rings. The van der Waals surface area contributed by atoms with E-state index in [0.29, 0.717) is 17.9 Å². The SMILES string of the molecule is COc1cccc2c1N[C@H](c1cccc(Br)c1)[C@H]1CC=C[C@H]21. The van der Waals surface area contributed by atoms with Crippen LogP contribution in [0.25, 0.3) is 0 Å². The highest BCUT2D eigenvalue weighted by Crippen LogP contribution is 2.52. The molecule has 22 heavy (non-hydrogen) atoms. The quantitative estimate of drug-likeness (QED) is 0.739. The van der Waals surface area contributed by atoms with Gasteiger partial charge in [-0.1, -0.05) is 52.3 Å². The molecule has 3 heteroatoms. The van der Waals surface area contributed by atoms with Gasteiger partial charge in [-0.2, -0.15) is 0 Å². The van der Waals surface area contributed by atoms with Gasteiger partial charge in [0.1, 0.15) is 5.75 Å². The van der Waals surface area contributed by atoms with E-state index in [2.05, 4.69) is 69.8 Å². The Morgan fingerprint density at radius 1 is 1.18 bits per heavy atom. The van der Waals surface area contributed by atoms with Gasteiger partial charge >= 0.3 is 0 Å². The maximum absolute atomic E-state index is 5.57. The molecule has 0 unspecified atom stereocenters. The summed E-state index contributed by atoms with van der Waals surface area (Å²) in [7, 11) is 1.74. The summed E-state index contributed by atoms with van der Waals surface area (Å²) in [5, 5.41) is 3.75. The molecule has 2 nitrogen and oxygen atoms in total. The molecule has 0 radical (unpaired) electrons. The first-order chi connectivity index (χ1) is 10.8. The van der Waals surface area contributed by atoms with Gasteiger partial charge in [-0.25, -0.2) is 0 Å². The average Bonchev–Trinajstić information content (AvgIpc) is 3.03. The molecule has 2 aromatic rings. The molecular weight excluding hydrogens is 338 g/mol. The van der Waals surface area contributed by atoms with Gasteiger partial charge in [-0.05, 0) is 41.7 Å². The fourth-order valence-electron chi connectivity index (χ4n) is 3.79. The van der Waals surface area contributed by atoms with Gasteiger partial charge < -0.3 is 10.1 Å². The van der Waals surface area contributed by atoms with Crippen molar-refractivity contribution in [3.8, 4) is 5.75 Å². The van der Waals surface area contributed by atoms with Gasteiger partial charge in [0.2, 0.25) is 0 Å². The van der Waals surface area contributed by atoms with Gasteiger partial charge in [0.15, 0.2) is 0 Å². The molecule has 2 aliphatic rings. The maximum Gasteiger partial charge on any atom is 0.142 e. The van der Waals surface area contributed by atoms with Crippen LogP contribution in [0.4, 0.5) is 5.69 Å². The van der Waals surface area contributed by atoms with Gasteiger partial charge in [0.25, 0.3) is 0 Å². The molecule has 112 valence electrons. The summed E-state index contributed by atoms with van der Waals surface area (Å²) >= 11 is 3.59. The maximum atomic E-state index is 5.57. The van der Waals surface area contributed by atoms with E-state index in [0.717, 1.165) is 22.3 Å². The van der Waals surface area contributed by atoms with Crippen molar-refractivity contribution in [3.05, 3.63) is 70.2 Å². The zero-order valence-electron chi connectivity index (χ0n) is 12.4. The summed E-state index contributed by atoms with van der Waals surface area (Å²) in [6.07, 6.45) is 5.79. The van der Waals surface area contributed by atoms with E-state index in [9.17, 15) is 0 Å². The Bertz CT molecular complexity index is 740. The fourth-order valence-corrected chi connectivity index (χ4v) is 4.21. The summed E-state index contributed by atoms with van der Waals surface area (Å²) in [4.78, 5) is 0. The Morgan fingerprint density at radius 2 is 2.05 bits per heavy atom. The van der Waals surface area contributed by atoms with Crippen molar-refractivity contribution in [1.29, 1.82) is 0 Å². The van der Waals surface area contributed by atoms with Crippen LogP contribution in [0, 0.1) is 5.92 Å². The Balaban J connectivity index is 1.83. The van der Waals surface area contributed by atoms with Crippen LogP contribution in [0.3, 0.4) is 0 Å². The molecule has 1 aliphatic heterocycles. The zero-order valence-corrected chi connectivity index (χ0v) is 14.0. The van der Waals surface area contributed by atoms with E-state index in [4.69, 9.17) is 4.74 Å². The number of fused-ring (bicyclic) bond motifs is 3. The number of nitrogens with one attached hydrogen (secondary N) is 1. The minimum atomic E-state index is 0.307. The minimum absolute atomic E-state index is 0.307. The highest BCUT2D eigenvalue weighted by atomic mass is 79.9. The summed E-state index contributed by atoms with van der Waals surface area (Å²) in [5.41, 5.74) is 3.82. The lowest BCUT2D eigenvalue weighted by atomic mass is 9.77. The molecule has 4 rings (SSSR count). The number of hydrogen-bond acceptors (Lipinski definition) is 2. The third kappa shape index (κ3) is 2.15. The van der Waals surface area contributed by atoms with E-state index >= 15 is 0 Å². The van der Waals surface area contributed by atoms with E-state index < -0.39 is 0 Å². The molecule has 0 amide bonds. The van der Waals surface area contributed by atoms with Crippen LogP contribution in [0.15, 0.2) is 59.1 Å². The lowest BCUT2D eigenvalue weighted by molar-refractivity contribution is 0.397. The monoisotopic (exact) mass is 355 g/mol. The van der Waals surface area contributed by atoms with Gasteiger partial charge in [0, 0.05) is 10.4 Å². The van der Waals surface area contributed by atoms with E-state index in [1.54, 1.807) is 7.11 Å². The van der Waals surface area contributed by atoms with Crippen molar-refractivity contribution >= 4 is 21.6 Å². The Morgan fingerprint density at radius 3 is 2.86 bits per heavy atom. The lowest BCUT2D eigenvalue weighted by Gasteiger charge is -2.38. The molecule has 1 aliphatic carbocycles. The summed E-state index contributed by atoms with van der Waals surface area (Å²) in [6, 6.07) is 15.2. The number of rotatable bonds is 2. The molecule has 0 bridgehead atoms. The molecule has 0 aromatic heterocycles. The lowest BCUT2D eigenvalue weighted by Crippen LogP contribution is -2.29. The van der Waals surface area contributed by atoms with Crippen LogP contribution in [0.1, 0.15) is 29.5 Å². The molecule has 0 saturated heterocycles. The van der Waals surface area contributed by atoms with E-state index in [-0.39, 0.29) is 0 Å². The number of halogens is 1. The minimum Gasteiger partial charge on any atom is -0.495 e. The molecule has 0 spiro atoms. The van der Waals surface area contributed by atoms with Crippen LogP contribution < -0.4 is 10.1 Å². The fraction of sp³-hybridized carbons (Fsp3) is 0.263. The predicted molar refractivity (Wildman–Crippen MR) is 93.5 cm³/mol. The number of benzene rings is 2. The second kappa shape index (κ2) is 5.47. The largest absolute Gasteiger partial charge is 0.495 e. The number of hydrogen-bond donors (Lipinski definition) is 1. The van der Waals surface area contributed by atoms with Crippen LogP contribution in [-0.2, 0) is 0 Å². The standard InChI is InChI=1S/C19H18BrNO/c1-22-17-10-4-9-16-14-7-3-8-15(14)18(21-19(16)17)12-5-2-6-13(20)11-12/h2-7,9-11,14-15,18,21H,8H2,1H3/t14-,15-,18+/m0/s1. The van der Waals surface area contributed by atoms with Crippen molar-refractivity contribution in [2.75, 3.05) is 12.4 Å². The topological polar surface area (TPSA) is 21.3 Å². The van der Waals surface area contributed by atoms with Crippen molar-refractivity contribution < 1.29 is 4.74 Å². The van der Waals surface area contributed by atoms with Crippen molar-refractivity contribution in [1.82, 2.24) is 0 Å². The van der Waals surface area contributed by atoms with Crippen LogP contribution >= 0.6 is 15.9 Å². The Labute approximate surface area is 139 Å². The second-order valence-corrected chi connectivity index (χ2v) is 6.87. The van der Waals surface area contributed by atoms with Gasteiger partial charge in [-0.15, -0.1) is 0 Å². The molecular formula is C19H18BrNO. The summed E-state index contributed by atoms with van der Waals surface area (Å²) in [5.74, 6) is 1.96. The van der Waals surface area contributed by atoms with Crippen molar-refractivity contribution in [2.45, 2.75) is 18.4 Å². The van der Waals surface area contributed by atoms with Crippen LogP contribution in [-0.4, -0.2) is 7.11 Å². The number of ether oxygens (including phenoxy) is 1. The number of methoxy groups -OCH3 is 1. The Kier molecular flexibility index (Phi) is 3.45. The number of anilines is 1. The molecule has 0 saturated carbocycles. The molecule has 1 N–H and O–H groups in total. The van der Waals surface area contributed by atoms with E-state index in [1.807, 2.05) is 6.07 Å². The van der Waals surface area contributed by atoms with Crippen LogP contribution in [0.2, 0.25) is 0 Å². The highest BCUT2D eigenvalue weighted by Gasteiger charge is 2.38. The number of para-hydroxylation sites is 1. The first-order valence-corrected chi connectivity index (χ1v) is 8.43. The molecule has 1 heterocycles. The zero-order chi connectivity index (χ0) is 15.1. The average molecular weight is 356 g/mol. The molecule has 3 atom stereocenters. The molecule has 2 aromatic carbocycles. The third-order valence-corrected chi connectivity index (χ3v) is 5.28. The third-order valence-electron chi connectivity index (χ3n) is 4.79. The second-order valence-electron chi connectivity index (χ2n) is 5.96. The first-order valence-electron chi connectivity index (χ1n) is 7.63. The van der Waals surface area contributed by atoms with Gasteiger partial charge in [0.05, 0.1) is 18.8 Å². The van der Waals surface area contributed by atoms with Crippen molar-refractivity contribution in [3.63, 3.8) is 0 Å². The smallest absolute Gasteiger partial charge is 0.142 e. The predicted octanol–water partition coefficient (Wildman–Crippen LogP) is 5.28. The summed E-state index contributed by atoms with van der Waals surface area (Å²) < 4.78 is 6.70. The normalized spacial score (nSPS) is 25.3. The van der Waals surface area contributed by atoms with Gasteiger partial charge in [-0.3, -0.25) is 0 Å². The Hall–Kier alpha value is -1.74. The number of allylic oxidation sites excluding steroid dienone is 2. The first kappa shape index (κ1) is 13.9. The van der Waals surface area contributed by atoms with Crippen molar-refractivity contribution in [2.24, 2.45) is 5.92 Å². The van der Waals surface area contributed by atoms with Crippen LogP contribution in [0.5, 0.6) is 5.75 Å². The van der Waals surface area contributed by atoms with E-state index in [1.165, 1.54) is 11.1 Å². The highest BCUT2D eigenvalue weighted by molar-refractivity contribution is 9.10.